The highest BCUT2D eigenvalue weighted by Crippen LogP contribution is 2.20. The lowest BCUT2D eigenvalue weighted by Crippen LogP contribution is -2.39. The van der Waals surface area contributed by atoms with E-state index in [0.29, 0.717) is 22.9 Å². The van der Waals surface area contributed by atoms with Gasteiger partial charge >= 0.3 is 17.8 Å². The normalized spacial score (nSPS) is 15.7. The average Bonchev–Trinajstić information content (AvgIpc) is 2.80. The van der Waals surface area contributed by atoms with Gasteiger partial charge in [0.1, 0.15) is 6.54 Å². The average molecular weight is 345 g/mol. The Morgan fingerprint density at radius 1 is 1.04 bits per heavy atom. The fraction of sp³-hybridized carbons (Fsp3) is 0.444. The van der Waals surface area contributed by atoms with Crippen LogP contribution in [-0.2, 0) is 14.4 Å². The molecule has 25 heavy (non-hydrogen) atoms. The molecule has 134 valence electrons. The van der Waals surface area contributed by atoms with Crippen molar-refractivity contribution in [1.29, 1.82) is 0 Å². The fourth-order valence-electron chi connectivity index (χ4n) is 2.59. The zero-order chi connectivity index (χ0) is 18.6. The standard InChI is InChI=1S/C18H23N3O4/c1-4-10-20-16(23)17(24)21(18(20)25)11-15(22)19-14-8-6-13(7-9-14)12(3)5-2/h6-9,12H,4-5,10-11H2,1-3H3,(H,19,22)/t12-/m1/s1. The number of urea groups is 1. The number of anilines is 1. The molecule has 7 nitrogen and oxygen atoms in total. The molecule has 1 saturated heterocycles. The summed E-state index contributed by atoms with van der Waals surface area (Å²) >= 11 is 0. The zero-order valence-corrected chi connectivity index (χ0v) is 14.7. The first kappa shape index (κ1) is 18.6. The van der Waals surface area contributed by atoms with Crippen molar-refractivity contribution in [2.45, 2.75) is 39.5 Å². The molecule has 1 heterocycles. The molecule has 7 heteroatoms. The molecule has 0 aromatic heterocycles. The largest absolute Gasteiger partial charge is 0.334 e. The van der Waals surface area contributed by atoms with Gasteiger partial charge in [-0.05, 0) is 36.5 Å². The van der Waals surface area contributed by atoms with E-state index < -0.39 is 30.3 Å². The maximum Gasteiger partial charge on any atom is 0.334 e. The zero-order valence-electron chi connectivity index (χ0n) is 14.7. The van der Waals surface area contributed by atoms with Crippen LogP contribution in [0, 0.1) is 0 Å². The number of nitrogens with zero attached hydrogens (tertiary/aromatic N) is 2. The number of amides is 5. The Labute approximate surface area is 147 Å². The quantitative estimate of drug-likeness (QED) is 0.607. The molecule has 1 aromatic rings. The van der Waals surface area contributed by atoms with Gasteiger partial charge in [-0.2, -0.15) is 0 Å². The minimum Gasteiger partial charge on any atom is -0.325 e. The molecule has 1 aromatic carbocycles. The molecule has 2 rings (SSSR count). The van der Waals surface area contributed by atoms with E-state index in [-0.39, 0.29) is 6.54 Å². The Balaban J connectivity index is 1.99. The van der Waals surface area contributed by atoms with E-state index in [2.05, 4.69) is 19.2 Å². The predicted molar refractivity (Wildman–Crippen MR) is 92.9 cm³/mol. The molecule has 5 amide bonds. The lowest BCUT2D eigenvalue weighted by atomic mass is 9.99. The molecule has 1 N–H and O–H groups in total. The molecular formula is C18H23N3O4. The summed E-state index contributed by atoms with van der Waals surface area (Å²) in [6, 6.07) is 6.69. The second kappa shape index (κ2) is 7.92. The molecule has 0 spiro atoms. The molecule has 0 saturated carbocycles. The van der Waals surface area contributed by atoms with Crippen LogP contribution >= 0.6 is 0 Å². The Kier molecular flexibility index (Phi) is 5.90. The van der Waals surface area contributed by atoms with Gasteiger partial charge in [0.15, 0.2) is 0 Å². The molecule has 1 aliphatic heterocycles. The monoisotopic (exact) mass is 345 g/mol. The van der Waals surface area contributed by atoms with Crippen LogP contribution < -0.4 is 5.32 Å². The summed E-state index contributed by atoms with van der Waals surface area (Å²) < 4.78 is 0. The van der Waals surface area contributed by atoms with Gasteiger partial charge in [0.25, 0.3) is 0 Å². The Morgan fingerprint density at radius 2 is 1.64 bits per heavy atom. The van der Waals surface area contributed by atoms with Gasteiger partial charge in [-0.1, -0.05) is 32.9 Å². The van der Waals surface area contributed by atoms with Crippen molar-refractivity contribution in [3.63, 3.8) is 0 Å². The van der Waals surface area contributed by atoms with Crippen LogP contribution in [0.25, 0.3) is 0 Å². The smallest absolute Gasteiger partial charge is 0.325 e. The number of hydrogen-bond acceptors (Lipinski definition) is 4. The maximum absolute atomic E-state index is 12.1. The fourth-order valence-corrected chi connectivity index (χ4v) is 2.59. The number of benzene rings is 1. The van der Waals surface area contributed by atoms with Crippen molar-refractivity contribution in [3.05, 3.63) is 29.8 Å². The maximum atomic E-state index is 12.1. The number of carbonyl (C=O) groups is 4. The topological polar surface area (TPSA) is 86.8 Å². The van der Waals surface area contributed by atoms with Crippen LogP contribution in [0.3, 0.4) is 0 Å². The van der Waals surface area contributed by atoms with Crippen LogP contribution in [0.15, 0.2) is 24.3 Å². The van der Waals surface area contributed by atoms with Crippen LogP contribution in [0.2, 0.25) is 0 Å². The lowest BCUT2D eigenvalue weighted by molar-refractivity contribution is -0.143. The van der Waals surface area contributed by atoms with Crippen molar-refractivity contribution in [2.24, 2.45) is 0 Å². The molecule has 0 radical (unpaired) electrons. The van der Waals surface area contributed by atoms with Crippen LogP contribution in [0.5, 0.6) is 0 Å². The highest BCUT2D eigenvalue weighted by Gasteiger charge is 2.44. The summed E-state index contributed by atoms with van der Waals surface area (Å²) in [5.74, 6) is -1.93. The minimum atomic E-state index is -0.958. The third-order valence-electron chi connectivity index (χ3n) is 4.26. The second-order valence-electron chi connectivity index (χ2n) is 6.11. The van der Waals surface area contributed by atoms with Crippen molar-refractivity contribution in [1.82, 2.24) is 9.80 Å². The lowest BCUT2D eigenvalue weighted by Gasteiger charge is -2.15. The summed E-state index contributed by atoms with van der Waals surface area (Å²) in [7, 11) is 0. The Morgan fingerprint density at radius 3 is 2.20 bits per heavy atom. The summed E-state index contributed by atoms with van der Waals surface area (Å²) in [4.78, 5) is 49.4. The molecule has 0 bridgehead atoms. The first-order valence-electron chi connectivity index (χ1n) is 8.46. The van der Waals surface area contributed by atoms with Gasteiger partial charge in [0.05, 0.1) is 0 Å². The minimum absolute atomic E-state index is 0.165. The number of hydrogen-bond donors (Lipinski definition) is 1. The summed E-state index contributed by atoms with van der Waals surface area (Å²) in [5.41, 5.74) is 1.75. The third-order valence-corrected chi connectivity index (χ3v) is 4.26. The summed E-state index contributed by atoms with van der Waals surface area (Å²) in [6.45, 7) is 5.71. The van der Waals surface area contributed by atoms with E-state index >= 15 is 0 Å². The van der Waals surface area contributed by atoms with Gasteiger partial charge in [0, 0.05) is 12.2 Å². The van der Waals surface area contributed by atoms with E-state index in [1.165, 1.54) is 5.56 Å². The summed E-state index contributed by atoms with van der Waals surface area (Å²) in [5, 5.41) is 2.64. The number of rotatable bonds is 7. The van der Waals surface area contributed by atoms with E-state index in [1.54, 1.807) is 19.1 Å². The molecule has 1 atom stereocenters. The molecule has 1 fully saturated rings. The molecule has 1 aliphatic rings. The van der Waals surface area contributed by atoms with Crippen molar-refractivity contribution >= 4 is 29.4 Å². The first-order valence-corrected chi connectivity index (χ1v) is 8.46. The van der Waals surface area contributed by atoms with E-state index in [9.17, 15) is 19.2 Å². The highest BCUT2D eigenvalue weighted by atomic mass is 16.2. The molecule has 0 unspecified atom stereocenters. The number of carbonyl (C=O) groups excluding carboxylic acids is 4. The first-order chi connectivity index (χ1) is 11.9. The van der Waals surface area contributed by atoms with Gasteiger partial charge < -0.3 is 5.32 Å². The Bertz CT molecular complexity index is 684. The Hall–Kier alpha value is -2.70. The molecule has 0 aliphatic carbocycles. The number of imide groups is 2. The van der Waals surface area contributed by atoms with Crippen molar-refractivity contribution in [2.75, 3.05) is 18.4 Å². The predicted octanol–water partition coefficient (Wildman–Crippen LogP) is 2.34. The van der Waals surface area contributed by atoms with E-state index in [0.717, 1.165) is 11.3 Å². The second-order valence-corrected chi connectivity index (χ2v) is 6.11. The SMILES string of the molecule is CCCN1C(=O)C(=O)N(CC(=O)Nc2ccc([C@H](C)CC)cc2)C1=O. The van der Waals surface area contributed by atoms with Gasteiger partial charge in [-0.25, -0.2) is 9.69 Å². The van der Waals surface area contributed by atoms with Gasteiger partial charge in [-0.3, -0.25) is 19.3 Å². The van der Waals surface area contributed by atoms with E-state index in [1.807, 2.05) is 12.1 Å². The van der Waals surface area contributed by atoms with Crippen molar-refractivity contribution < 1.29 is 19.2 Å². The molecular weight excluding hydrogens is 322 g/mol. The van der Waals surface area contributed by atoms with Gasteiger partial charge in [0.2, 0.25) is 5.91 Å². The van der Waals surface area contributed by atoms with E-state index in [4.69, 9.17) is 0 Å². The number of nitrogens with one attached hydrogen (secondary N) is 1. The van der Waals surface area contributed by atoms with Gasteiger partial charge in [-0.15, -0.1) is 0 Å². The van der Waals surface area contributed by atoms with Crippen molar-refractivity contribution in [3.8, 4) is 0 Å². The highest BCUT2D eigenvalue weighted by molar-refractivity contribution is 6.45. The van der Waals surface area contributed by atoms with Crippen LogP contribution in [-0.4, -0.2) is 46.6 Å². The third kappa shape index (κ3) is 4.04. The summed E-state index contributed by atoms with van der Waals surface area (Å²) in [6.07, 6.45) is 1.57. The van der Waals surface area contributed by atoms with Crippen LogP contribution in [0.4, 0.5) is 10.5 Å². The van der Waals surface area contributed by atoms with Crippen LogP contribution in [0.1, 0.15) is 45.1 Å².